The highest BCUT2D eigenvalue weighted by atomic mass is 79.9. The Labute approximate surface area is 283 Å². The zero-order chi connectivity index (χ0) is 32.7. The number of hydrogen-bond acceptors (Lipinski definition) is 4. The van der Waals surface area contributed by atoms with Crippen molar-refractivity contribution in [2.75, 3.05) is 10.8 Å². The van der Waals surface area contributed by atoms with E-state index in [1.807, 2.05) is 75.4 Å². The summed E-state index contributed by atoms with van der Waals surface area (Å²) < 4.78 is 30.2. The van der Waals surface area contributed by atoms with Crippen LogP contribution >= 0.6 is 39.1 Å². The van der Waals surface area contributed by atoms with Crippen molar-refractivity contribution in [2.24, 2.45) is 0 Å². The first-order valence-electron chi connectivity index (χ1n) is 14.3. The standard InChI is InChI=1S/C34H34BrCl2N3O4S/c1-23(2)38-34(42)31(20-25-8-5-4-6-9-25)39(21-26-14-16-27(35)17-15-26)32(41)22-40(30-11-7-10-29(36)33(30)37)45(43,44)28-18-12-24(3)13-19-28/h4-19,23,31H,20-22H2,1-3H3,(H,38,42)/t31-/m1/s1. The maximum atomic E-state index is 14.5. The van der Waals surface area contributed by atoms with E-state index in [9.17, 15) is 18.0 Å². The first kappa shape index (κ1) is 34.5. The smallest absolute Gasteiger partial charge is 0.264 e. The van der Waals surface area contributed by atoms with Crippen molar-refractivity contribution in [1.29, 1.82) is 0 Å². The van der Waals surface area contributed by atoms with E-state index in [-0.39, 0.29) is 45.5 Å². The molecule has 0 aromatic heterocycles. The average molecular weight is 732 g/mol. The lowest BCUT2D eigenvalue weighted by Crippen LogP contribution is -2.54. The van der Waals surface area contributed by atoms with Gasteiger partial charge in [-0.1, -0.05) is 105 Å². The molecule has 7 nitrogen and oxygen atoms in total. The lowest BCUT2D eigenvalue weighted by molar-refractivity contribution is -0.140. The SMILES string of the molecule is Cc1ccc(S(=O)(=O)N(CC(=O)N(Cc2ccc(Br)cc2)[C@H](Cc2ccccc2)C(=O)NC(C)C)c2cccc(Cl)c2Cl)cc1. The second-order valence-corrected chi connectivity index (χ2v) is 14.5. The molecule has 4 rings (SSSR count). The topological polar surface area (TPSA) is 86.8 Å². The molecule has 0 aliphatic rings. The van der Waals surface area contributed by atoms with Gasteiger partial charge in [0.05, 0.1) is 20.6 Å². The lowest BCUT2D eigenvalue weighted by Gasteiger charge is -2.34. The van der Waals surface area contributed by atoms with Gasteiger partial charge in [-0.15, -0.1) is 0 Å². The van der Waals surface area contributed by atoms with Gasteiger partial charge in [-0.3, -0.25) is 13.9 Å². The zero-order valence-corrected chi connectivity index (χ0v) is 29.0. The van der Waals surface area contributed by atoms with Crippen LogP contribution in [0.25, 0.3) is 0 Å². The highest BCUT2D eigenvalue weighted by Gasteiger charge is 2.35. The number of aryl methyl sites for hydroxylation is 1. The van der Waals surface area contributed by atoms with Crippen molar-refractivity contribution in [3.63, 3.8) is 0 Å². The van der Waals surface area contributed by atoms with Crippen molar-refractivity contribution in [3.8, 4) is 0 Å². The molecule has 0 bridgehead atoms. The van der Waals surface area contributed by atoms with Crippen LogP contribution in [0.2, 0.25) is 10.0 Å². The van der Waals surface area contributed by atoms with Gasteiger partial charge in [0.15, 0.2) is 0 Å². The third-order valence-electron chi connectivity index (χ3n) is 7.06. The number of carbonyl (C=O) groups excluding carboxylic acids is 2. The Morgan fingerprint density at radius 2 is 1.49 bits per heavy atom. The Morgan fingerprint density at radius 1 is 0.844 bits per heavy atom. The molecule has 1 atom stereocenters. The second kappa shape index (κ2) is 15.3. The van der Waals surface area contributed by atoms with E-state index in [1.54, 1.807) is 18.2 Å². The summed E-state index contributed by atoms with van der Waals surface area (Å²) in [7, 11) is -4.31. The molecule has 0 spiro atoms. The van der Waals surface area contributed by atoms with Gasteiger partial charge in [0.1, 0.15) is 12.6 Å². The number of sulfonamides is 1. The number of rotatable bonds is 12. The van der Waals surface area contributed by atoms with E-state index in [2.05, 4.69) is 21.2 Å². The fourth-order valence-corrected chi connectivity index (χ4v) is 6.90. The van der Waals surface area contributed by atoms with E-state index >= 15 is 0 Å². The molecule has 1 N–H and O–H groups in total. The van der Waals surface area contributed by atoms with Crippen molar-refractivity contribution in [2.45, 2.75) is 50.7 Å². The molecule has 4 aromatic carbocycles. The molecule has 0 saturated carbocycles. The summed E-state index contributed by atoms with van der Waals surface area (Å²) in [5, 5.41) is 3.07. The molecule has 236 valence electrons. The predicted molar refractivity (Wildman–Crippen MR) is 184 cm³/mol. The van der Waals surface area contributed by atoms with Crippen LogP contribution in [0, 0.1) is 6.92 Å². The summed E-state index contributed by atoms with van der Waals surface area (Å²) in [6.07, 6.45) is 0.213. The highest BCUT2D eigenvalue weighted by Crippen LogP contribution is 2.35. The molecule has 2 amide bonds. The van der Waals surface area contributed by atoms with E-state index in [0.29, 0.717) is 0 Å². The molecule has 0 aliphatic carbocycles. The number of hydrogen-bond donors (Lipinski definition) is 1. The molecule has 0 unspecified atom stereocenters. The quantitative estimate of drug-likeness (QED) is 0.164. The Morgan fingerprint density at radius 3 is 2.11 bits per heavy atom. The number of nitrogens with one attached hydrogen (secondary N) is 1. The van der Waals surface area contributed by atoms with Crippen molar-refractivity contribution < 1.29 is 18.0 Å². The normalized spacial score (nSPS) is 12.1. The number of anilines is 1. The van der Waals surface area contributed by atoms with Crippen LogP contribution in [0.5, 0.6) is 0 Å². The largest absolute Gasteiger partial charge is 0.352 e. The van der Waals surface area contributed by atoms with Crippen LogP contribution in [-0.4, -0.2) is 43.8 Å². The molecule has 0 heterocycles. The van der Waals surface area contributed by atoms with Gasteiger partial charge in [0.25, 0.3) is 10.0 Å². The predicted octanol–water partition coefficient (Wildman–Crippen LogP) is 7.42. The minimum Gasteiger partial charge on any atom is -0.352 e. The van der Waals surface area contributed by atoms with Gasteiger partial charge >= 0.3 is 0 Å². The lowest BCUT2D eigenvalue weighted by atomic mass is 10.0. The number of carbonyl (C=O) groups is 2. The third-order valence-corrected chi connectivity index (χ3v) is 10.2. The summed E-state index contributed by atoms with van der Waals surface area (Å²) in [5.41, 5.74) is 2.53. The van der Waals surface area contributed by atoms with Crippen LogP contribution in [0.4, 0.5) is 5.69 Å². The second-order valence-electron chi connectivity index (χ2n) is 10.9. The molecule has 0 saturated heterocycles. The fraction of sp³-hybridized carbons (Fsp3) is 0.235. The maximum absolute atomic E-state index is 14.5. The fourth-order valence-electron chi connectivity index (χ4n) is 4.76. The van der Waals surface area contributed by atoms with Crippen molar-refractivity contribution in [1.82, 2.24) is 10.2 Å². The number of halogens is 3. The van der Waals surface area contributed by atoms with Crippen LogP contribution in [0.3, 0.4) is 0 Å². The Balaban J connectivity index is 1.83. The molecule has 45 heavy (non-hydrogen) atoms. The first-order valence-corrected chi connectivity index (χ1v) is 17.3. The van der Waals surface area contributed by atoms with Gasteiger partial charge in [-0.2, -0.15) is 0 Å². The first-order chi connectivity index (χ1) is 21.4. The third kappa shape index (κ3) is 8.88. The zero-order valence-electron chi connectivity index (χ0n) is 25.1. The maximum Gasteiger partial charge on any atom is 0.264 e. The molecule has 4 aromatic rings. The van der Waals surface area contributed by atoms with Gasteiger partial charge in [-0.05, 0) is 68.3 Å². The van der Waals surface area contributed by atoms with Crippen LogP contribution < -0.4 is 9.62 Å². The molecule has 11 heteroatoms. The minimum absolute atomic E-state index is 0.0134. The van der Waals surface area contributed by atoms with Gasteiger partial charge < -0.3 is 10.2 Å². The van der Waals surface area contributed by atoms with Gasteiger partial charge in [0.2, 0.25) is 11.8 Å². The van der Waals surface area contributed by atoms with Crippen LogP contribution in [0.15, 0.2) is 106 Å². The van der Waals surface area contributed by atoms with Crippen LogP contribution in [-0.2, 0) is 32.6 Å². The average Bonchev–Trinajstić information content (AvgIpc) is 3.00. The molecule has 0 fully saturated rings. The highest BCUT2D eigenvalue weighted by molar-refractivity contribution is 9.10. The number of nitrogens with zero attached hydrogens (tertiary/aromatic N) is 2. The number of amides is 2. The summed E-state index contributed by atoms with van der Waals surface area (Å²) in [5.74, 6) is -0.947. The Bertz CT molecular complexity index is 1740. The van der Waals surface area contributed by atoms with E-state index in [1.165, 1.54) is 29.2 Å². The summed E-state index contributed by atoms with van der Waals surface area (Å²) in [6.45, 7) is 4.95. The Hall–Kier alpha value is -3.37. The van der Waals surface area contributed by atoms with Gasteiger partial charge in [-0.25, -0.2) is 8.42 Å². The van der Waals surface area contributed by atoms with Crippen molar-refractivity contribution >= 4 is 66.7 Å². The number of benzene rings is 4. The molecular weight excluding hydrogens is 697 g/mol. The van der Waals surface area contributed by atoms with Crippen LogP contribution in [0.1, 0.15) is 30.5 Å². The summed E-state index contributed by atoms with van der Waals surface area (Å²) in [6, 6.07) is 26.5. The minimum atomic E-state index is -4.31. The summed E-state index contributed by atoms with van der Waals surface area (Å²) >= 11 is 16.3. The molecule has 0 aliphatic heterocycles. The van der Waals surface area contributed by atoms with E-state index in [4.69, 9.17) is 23.2 Å². The molecule has 0 radical (unpaired) electrons. The van der Waals surface area contributed by atoms with E-state index < -0.39 is 28.5 Å². The van der Waals surface area contributed by atoms with Crippen molar-refractivity contribution in [3.05, 3.63) is 128 Å². The monoisotopic (exact) mass is 729 g/mol. The summed E-state index contributed by atoms with van der Waals surface area (Å²) in [4.78, 5) is 29.7. The van der Waals surface area contributed by atoms with E-state index in [0.717, 1.165) is 25.5 Å². The molecular formula is C34H34BrCl2N3O4S. The Kier molecular flexibility index (Phi) is 11.7. The van der Waals surface area contributed by atoms with Gasteiger partial charge in [0, 0.05) is 23.5 Å².